The largest absolute Gasteiger partial charge is 0.395 e. The average molecular weight is 169 g/mol. The van der Waals surface area contributed by atoms with Crippen LogP contribution >= 0.6 is 0 Å². The molecule has 0 aliphatic rings. The van der Waals surface area contributed by atoms with E-state index in [0.29, 0.717) is 6.54 Å². The van der Waals surface area contributed by atoms with Gasteiger partial charge in [-0.3, -0.25) is 0 Å². The van der Waals surface area contributed by atoms with E-state index >= 15 is 0 Å². The van der Waals surface area contributed by atoms with Gasteiger partial charge in [-0.2, -0.15) is 0 Å². The monoisotopic (exact) mass is 169 g/mol. The molecule has 0 atom stereocenters. The zero-order valence-corrected chi connectivity index (χ0v) is 7.11. The second kappa shape index (κ2) is 5.74. The molecule has 0 spiro atoms. The van der Waals surface area contributed by atoms with Gasteiger partial charge in [0.15, 0.2) is 0 Å². The molecule has 0 bridgehead atoms. The topological polar surface area (TPSA) is 50.1 Å². The fraction of sp³-hybridized carbons (Fsp3) is 0.625. The van der Waals surface area contributed by atoms with Gasteiger partial charge in [0.2, 0.25) is 0 Å². The summed E-state index contributed by atoms with van der Waals surface area (Å²) < 4.78 is 2.04. The molecule has 0 saturated carbocycles. The molecule has 0 saturated heterocycles. The zero-order valence-electron chi connectivity index (χ0n) is 7.11. The lowest BCUT2D eigenvalue weighted by molar-refractivity contribution is 0.292. The minimum Gasteiger partial charge on any atom is -0.395 e. The summed E-state index contributed by atoms with van der Waals surface area (Å²) in [7, 11) is 0. The van der Waals surface area contributed by atoms with Crippen molar-refractivity contribution in [1.29, 1.82) is 0 Å². The van der Waals surface area contributed by atoms with Crippen molar-refractivity contribution in [3.63, 3.8) is 0 Å². The first kappa shape index (κ1) is 9.22. The number of hydrogen-bond donors (Lipinski definition) is 2. The lowest BCUT2D eigenvalue weighted by atomic mass is 10.4. The van der Waals surface area contributed by atoms with Crippen LogP contribution < -0.4 is 5.32 Å². The van der Waals surface area contributed by atoms with Crippen molar-refractivity contribution in [2.24, 2.45) is 0 Å². The molecule has 1 rings (SSSR count). The maximum Gasteiger partial charge on any atom is 0.0945 e. The Morgan fingerprint density at radius 1 is 1.42 bits per heavy atom. The van der Waals surface area contributed by atoms with Gasteiger partial charge >= 0.3 is 0 Å². The summed E-state index contributed by atoms with van der Waals surface area (Å²) in [6.45, 7) is 2.83. The van der Waals surface area contributed by atoms with E-state index in [1.165, 1.54) is 0 Å². The highest BCUT2D eigenvalue weighted by Crippen LogP contribution is 1.88. The third-order valence-corrected chi connectivity index (χ3v) is 1.62. The molecule has 0 radical (unpaired) electrons. The number of aliphatic hydroxyl groups excluding tert-OH is 1. The first-order chi connectivity index (χ1) is 5.93. The quantitative estimate of drug-likeness (QED) is 0.582. The molecule has 4 heteroatoms. The van der Waals surface area contributed by atoms with Crippen LogP contribution in [0.5, 0.6) is 0 Å². The van der Waals surface area contributed by atoms with Crippen LogP contribution in [0.15, 0.2) is 18.7 Å². The highest BCUT2D eigenvalue weighted by molar-refractivity contribution is 4.73. The molecule has 68 valence electrons. The van der Waals surface area contributed by atoms with Crippen molar-refractivity contribution in [1.82, 2.24) is 14.9 Å². The van der Waals surface area contributed by atoms with Crippen LogP contribution in [0.2, 0.25) is 0 Å². The third kappa shape index (κ3) is 3.50. The lowest BCUT2D eigenvalue weighted by Crippen LogP contribution is -2.20. The SMILES string of the molecule is OCCNCCCn1ccnc1. The van der Waals surface area contributed by atoms with Gasteiger partial charge in [0.1, 0.15) is 0 Å². The van der Waals surface area contributed by atoms with Crippen molar-refractivity contribution in [2.75, 3.05) is 19.7 Å². The van der Waals surface area contributed by atoms with Gasteiger partial charge < -0.3 is 15.0 Å². The maximum atomic E-state index is 8.47. The summed E-state index contributed by atoms with van der Waals surface area (Å²) in [4.78, 5) is 3.94. The first-order valence-electron chi connectivity index (χ1n) is 4.21. The highest BCUT2D eigenvalue weighted by Gasteiger charge is 1.89. The normalized spacial score (nSPS) is 10.4. The number of imidazole rings is 1. The molecule has 0 aliphatic carbocycles. The van der Waals surface area contributed by atoms with E-state index in [1.54, 1.807) is 6.20 Å². The van der Waals surface area contributed by atoms with Crippen LogP contribution in [0, 0.1) is 0 Å². The molecule has 0 fully saturated rings. The molecule has 1 heterocycles. The minimum absolute atomic E-state index is 0.213. The molecule has 0 unspecified atom stereocenters. The van der Waals surface area contributed by atoms with Crippen molar-refractivity contribution in [2.45, 2.75) is 13.0 Å². The van der Waals surface area contributed by atoms with Gasteiger partial charge in [-0.25, -0.2) is 4.98 Å². The van der Waals surface area contributed by atoms with Gasteiger partial charge in [0.05, 0.1) is 12.9 Å². The van der Waals surface area contributed by atoms with Crippen molar-refractivity contribution < 1.29 is 5.11 Å². The molecule has 0 aromatic carbocycles. The Labute approximate surface area is 72.2 Å². The predicted molar refractivity (Wildman–Crippen MR) is 46.8 cm³/mol. The van der Waals surface area contributed by atoms with Crippen LogP contribution in [0.1, 0.15) is 6.42 Å². The summed E-state index contributed by atoms with van der Waals surface area (Å²) in [5.74, 6) is 0. The second-order valence-corrected chi connectivity index (χ2v) is 2.63. The Bertz CT molecular complexity index is 186. The van der Waals surface area contributed by atoms with E-state index in [9.17, 15) is 0 Å². The fourth-order valence-corrected chi connectivity index (χ4v) is 1.01. The van der Waals surface area contributed by atoms with E-state index < -0.39 is 0 Å². The van der Waals surface area contributed by atoms with E-state index in [1.807, 2.05) is 17.1 Å². The van der Waals surface area contributed by atoms with Crippen LogP contribution in [0.3, 0.4) is 0 Å². The standard InChI is InChI=1S/C8H15N3O/c12-7-4-9-2-1-5-11-6-3-10-8-11/h3,6,8-9,12H,1-2,4-5,7H2. The molecular formula is C8H15N3O. The van der Waals surface area contributed by atoms with E-state index in [2.05, 4.69) is 10.3 Å². The van der Waals surface area contributed by atoms with Crippen molar-refractivity contribution in [3.05, 3.63) is 18.7 Å². The smallest absolute Gasteiger partial charge is 0.0945 e. The van der Waals surface area contributed by atoms with E-state index in [4.69, 9.17) is 5.11 Å². The Balaban J connectivity index is 1.96. The molecule has 0 aliphatic heterocycles. The fourth-order valence-electron chi connectivity index (χ4n) is 1.01. The number of nitrogens with zero attached hydrogens (tertiary/aromatic N) is 2. The number of aryl methyl sites for hydroxylation is 1. The molecular weight excluding hydrogens is 154 g/mol. The van der Waals surface area contributed by atoms with Gasteiger partial charge in [-0.15, -0.1) is 0 Å². The molecule has 1 aromatic rings. The second-order valence-electron chi connectivity index (χ2n) is 2.63. The number of aliphatic hydroxyl groups is 1. The van der Waals surface area contributed by atoms with Gasteiger partial charge in [0, 0.05) is 25.5 Å². The molecule has 2 N–H and O–H groups in total. The summed E-state index contributed by atoms with van der Waals surface area (Å²) in [5.41, 5.74) is 0. The Kier molecular flexibility index (Phi) is 4.41. The lowest BCUT2D eigenvalue weighted by Gasteiger charge is -2.02. The van der Waals surface area contributed by atoms with Crippen molar-refractivity contribution >= 4 is 0 Å². The van der Waals surface area contributed by atoms with E-state index in [0.717, 1.165) is 19.5 Å². The van der Waals surface area contributed by atoms with Crippen LogP contribution in [-0.2, 0) is 6.54 Å². The Hall–Kier alpha value is -0.870. The maximum absolute atomic E-state index is 8.47. The molecule has 12 heavy (non-hydrogen) atoms. The average Bonchev–Trinajstić information content (AvgIpc) is 2.57. The number of aromatic nitrogens is 2. The summed E-state index contributed by atoms with van der Waals surface area (Å²) >= 11 is 0. The minimum atomic E-state index is 0.213. The molecule has 1 aromatic heterocycles. The first-order valence-corrected chi connectivity index (χ1v) is 4.21. The van der Waals surface area contributed by atoms with Crippen LogP contribution in [0.4, 0.5) is 0 Å². The molecule has 0 amide bonds. The number of rotatable bonds is 6. The summed E-state index contributed by atoms with van der Waals surface area (Å²) in [6.07, 6.45) is 6.61. The zero-order chi connectivity index (χ0) is 8.65. The van der Waals surface area contributed by atoms with Crippen LogP contribution in [-0.4, -0.2) is 34.4 Å². The van der Waals surface area contributed by atoms with Gasteiger partial charge in [-0.05, 0) is 13.0 Å². The summed E-state index contributed by atoms with van der Waals surface area (Å²) in [5, 5.41) is 11.6. The molecule has 4 nitrogen and oxygen atoms in total. The summed E-state index contributed by atoms with van der Waals surface area (Å²) in [6, 6.07) is 0. The van der Waals surface area contributed by atoms with Gasteiger partial charge in [0.25, 0.3) is 0 Å². The van der Waals surface area contributed by atoms with Crippen molar-refractivity contribution in [3.8, 4) is 0 Å². The van der Waals surface area contributed by atoms with E-state index in [-0.39, 0.29) is 6.61 Å². The Morgan fingerprint density at radius 3 is 3.00 bits per heavy atom. The third-order valence-electron chi connectivity index (χ3n) is 1.62. The predicted octanol–water partition coefficient (Wildman–Crippen LogP) is -0.145. The number of hydrogen-bond acceptors (Lipinski definition) is 3. The van der Waals surface area contributed by atoms with Gasteiger partial charge in [-0.1, -0.05) is 0 Å². The number of nitrogens with one attached hydrogen (secondary N) is 1. The van der Waals surface area contributed by atoms with Crippen LogP contribution in [0.25, 0.3) is 0 Å². The highest BCUT2D eigenvalue weighted by atomic mass is 16.3. The Morgan fingerprint density at radius 2 is 2.33 bits per heavy atom.